The summed E-state index contributed by atoms with van der Waals surface area (Å²) >= 11 is 5.94. The zero-order valence-corrected chi connectivity index (χ0v) is 20.3. The fourth-order valence-corrected chi connectivity index (χ4v) is 5.86. The van der Waals surface area contributed by atoms with Crippen LogP contribution in [0.2, 0.25) is 5.02 Å². The highest BCUT2D eigenvalue weighted by Gasteiger charge is 2.34. The molecule has 34 heavy (non-hydrogen) atoms. The number of halogens is 1. The molecule has 0 radical (unpaired) electrons. The molecular formula is C26H27ClN2O4S. The number of carbonyl (C=O) groups excluding carboxylic acids is 1. The molecule has 3 aromatic rings. The summed E-state index contributed by atoms with van der Waals surface area (Å²) in [6.45, 7) is -0.252. The Morgan fingerprint density at radius 3 is 2.15 bits per heavy atom. The van der Waals surface area contributed by atoms with Gasteiger partial charge in [0, 0.05) is 16.8 Å². The SMILES string of the molecule is O=C(CN(C1CCCCC1)S(=O)(=O)c1ccc(Cl)cc1)Nc1ccc(Oc2ccccc2)cc1. The van der Waals surface area contributed by atoms with E-state index in [0.717, 1.165) is 37.9 Å². The van der Waals surface area contributed by atoms with Crippen LogP contribution >= 0.6 is 11.6 Å². The Balaban J connectivity index is 1.46. The van der Waals surface area contributed by atoms with E-state index in [1.165, 1.54) is 16.4 Å². The minimum absolute atomic E-state index is 0.137. The van der Waals surface area contributed by atoms with Crippen molar-refractivity contribution in [3.63, 3.8) is 0 Å². The molecule has 178 valence electrons. The number of benzene rings is 3. The lowest BCUT2D eigenvalue weighted by atomic mass is 9.95. The number of hydrogen-bond donors (Lipinski definition) is 1. The number of rotatable bonds is 8. The molecule has 3 aromatic carbocycles. The van der Waals surface area contributed by atoms with Crippen molar-refractivity contribution in [3.8, 4) is 11.5 Å². The molecule has 1 fully saturated rings. The Hall–Kier alpha value is -2.87. The molecule has 0 atom stereocenters. The second-order valence-corrected chi connectivity index (χ2v) is 10.6. The van der Waals surface area contributed by atoms with Gasteiger partial charge in [-0.1, -0.05) is 49.1 Å². The van der Waals surface area contributed by atoms with Crippen molar-refractivity contribution in [2.75, 3.05) is 11.9 Å². The van der Waals surface area contributed by atoms with Crippen LogP contribution in [0, 0.1) is 0 Å². The quantitative estimate of drug-likeness (QED) is 0.407. The highest BCUT2D eigenvalue weighted by atomic mass is 35.5. The number of para-hydroxylation sites is 1. The van der Waals surface area contributed by atoms with Crippen molar-refractivity contribution in [1.82, 2.24) is 4.31 Å². The number of sulfonamides is 1. The Labute approximate surface area is 205 Å². The van der Waals surface area contributed by atoms with Crippen LogP contribution in [0.15, 0.2) is 83.8 Å². The highest BCUT2D eigenvalue weighted by Crippen LogP contribution is 2.29. The van der Waals surface area contributed by atoms with Gasteiger partial charge in [-0.2, -0.15) is 4.31 Å². The van der Waals surface area contributed by atoms with E-state index >= 15 is 0 Å². The summed E-state index contributed by atoms with van der Waals surface area (Å²) in [6, 6.07) is 22.2. The summed E-state index contributed by atoms with van der Waals surface area (Å²) in [5.74, 6) is 0.966. The third kappa shape index (κ3) is 6.17. The molecule has 1 amide bonds. The van der Waals surface area contributed by atoms with Crippen molar-refractivity contribution in [3.05, 3.63) is 83.9 Å². The molecule has 0 heterocycles. The zero-order chi connectivity index (χ0) is 24.0. The molecule has 1 aliphatic rings. The van der Waals surface area contributed by atoms with E-state index in [-0.39, 0.29) is 23.4 Å². The number of hydrogen-bond acceptors (Lipinski definition) is 4. The van der Waals surface area contributed by atoms with Crippen LogP contribution in [-0.4, -0.2) is 31.2 Å². The van der Waals surface area contributed by atoms with Gasteiger partial charge in [-0.3, -0.25) is 4.79 Å². The van der Waals surface area contributed by atoms with E-state index in [9.17, 15) is 13.2 Å². The number of nitrogens with zero attached hydrogens (tertiary/aromatic N) is 1. The smallest absolute Gasteiger partial charge is 0.243 e. The largest absolute Gasteiger partial charge is 0.457 e. The lowest BCUT2D eigenvalue weighted by molar-refractivity contribution is -0.116. The van der Waals surface area contributed by atoms with Gasteiger partial charge in [0.05, 0.1) is 11.4 Å². The van der Waals surface area contributed by atoms with E-state index < -0.39 is 10.0 Å². The second-order valence-electron chi connectivity index (χ2n) is 8.28. The van der Waals surface area contributed by atoms with Crippen LogP contribution in [0.1, 0.15) is 32.1 Å². The summed E-state index contributed by atoms with van der Waals surface area (Å²) in [4.78, 5) is 13.0. The molecule has 0 spiro atoms. The van der Waals surface area contributed by atoms with Gasteiger partial charge in [-0.05, 0) is 73.5 Å². The van der Waals surface area contributed by atoms with Crippen LogP contribution < -0.4 is 10.1 Å². The monoisotopic (exact) mass is 498 g/mol. The van der Waals surface area contributed by atoms with Crippen LogP contribution in [0.25, 0.3) is 0 Å². The number of nitrogens with one attached hydrogen (secondary N) is 1. The third-order valence-electron chi connectivity index (χ3n) is 5.82. The molecular weight excluding hydrogens is 472 g/mol. The average molecular weight is 499 g/mol. The number of anilines is 1. The molecule has 6 nitrogen and oxygen atoms in total. The second kappa shape index (κ2) is 11.0. The Kier molecular flexibility index (Phi) is 7.88. The van der Waals surface area contributed by atoms with Crippen LogP contribution in [0.5, 0.6) is 11.5 Å². The molecule has 8 heteroatoms. The summed E-state index contributed by atoms with van der Waals surface area (Å²) in [5.41, 5.74) is 0.567. The maximum absolute atomic E-state index is 13.4. The van der Waals surface area contributed by atoms with Gasteiger partial charge in [-0.25, -0.2) is 8.42 Å². The summed E-state index contributed by atoms with van der Waals surface area (Å²) in [5, 5.41) is 3.27. The summed E-state index contributed by atoms with van der Waals surface area (Å²) < 4.78 is 34.0. The van der Waals surface area contributed by atoms with E-state index in [1.807, 2.05) is 30.3 Å². The Morgan fingerprint density at radius 2 is 1.50 bits per heavy atom. The van der Waals surface area contributed by atoms with Crippen molar-refractivity contribution in [1.29, 1.82) is 0 Å². The average Bonchev–Trinajstić information content (AvgIpc) is 2.85. The lowest BCUT2D eigenvalue weighted by Gasteiger charge is -2.33. The predicted octanol–water partition coefficient (Wildman–Crippen LogP) is 6.09. The minimum Gasteiger partial charge on any atom is -0.457 e. The number of amides is 1. The first-order valence-electron chi connectivity index (χ1n) is 11.3. The van der Waals surface area contributed by atoms with Gasteiger partial charge in [0.15, 0.2) is 0 Å². The number of carbonyl (C=O) groups is 1. The van der Waals surface area contributed by atoms with Crippen LogP contribution in [-0.2, 0) is 14.8 Å². The molecule has 1 saturated carbocycles. The van der Waals surface area contributed by atoms with Crippen molar-refractivity contribution in [2.24, 2.45) is 0 Å². The van der Waals surface area contributed by atoms with Gasteiger partial charge < -0.3 is 10.1 Å². The van der Waals surface area contributed by atoms with Gasteiger partial charge >= 0.3 is 0 Å². The zero-order valence-electron chi connectivity index (χ0n) is 18.7. The van der Waals surface area contributed by atoms with E-state index in [0.29, 0.717) is 16.5 Å². The normalized spacial score (nSPS) is 14.6. The van der Waals surface area contributed by atoms with E-state index in [4.69, 9.17) is 16.3 Å². The maximum atomic E-state index is 13.4. The summed E-state index contributed by atoms with van der Waals surface area (Å²) in [7, 11) is -3.85. The first-order chi connectivity index (χ1) is 16.4. The molecule has 0 aromatic heterocycles. The highest BCUT2D eigenvalue weighted by molar-refractivity contribution is 7.89. The van der Waals surface area contributed by atoms with Gasteiger partial charge in [0.1, 0.15) is 11.5 Å². The van der Waals surface area contributed by atoms with Crippen LogP contribution in [0.3, 0.4) is 0 Å². The maximum Gasteiger partial charge on any atom is 0.243 e. The first kappa shape index (κ1) is 24.3. The van der Waals surface area contributed by atoms with Crippen LogP contribution in [0.4, 0.5) is 5.69 Å². The minimum atomic E-state index is -3.85. The number of ether oxygens (including phenoxy) is 1. The third-order valence-corrected chi connectivity index (χ3v) is 7.98. The van der Waals surface area contributed by atoms with Gasteiger partial charge in [-0.15, -0.1) is 0 Å². The van der Waals surface area contributed by atoms with E-state index in [1.54, 1.807) is 36.4 Å². The Morgan fingerprint density at radius 1 is 0.882 bits per heavy atom. The lowest BCUT2D eigenvalue weighted by Crippen LogP contribution is -2.45. The molecule has 0 saturated heterocycles. The fourth-order valence-electron chi connectivity index (χ4n) is 4.09. The molecule has 0 unspecified atom stereocenters. The molecule has 4 rings (SSSR count). The summed E-state index contributed by atoms with van der Waals surface area (Å²) in [6.07, 6.45) is 4.45. The van der Waals surface area contributed by atoms with Crippen molar-refractivity contribution < 1.29 is 17.9 Å². The fraction of sp³-hybridized carbons (Fsp3) is 0.269. The van der Waals surface area contributed by atoms with Gasteiger partial charge in [0.25, 0.3) is 0 Å². The molecule has 1 N–H and O–H groups in total. The predicted molar refractivity (Wildman–Crippen MR) is 134 cm³/mol. The van der Waals surface area contributed by atoms with Gasteiger partial charge in [0.2, 0.25) is 15.9 Å². The molecule has 1 aliphatic carbocycles. The van der Waals surface area contributed by atoms with E-state index in [2.05, 4.69) is 5.32 Å². The van der Waals surface area contributed by atoms with Crippen molar-refractivity contribution >= 4 is 33.2 Å². The standard InChI is InChI=1S/C26H27ClN2O4S/c27-20-11-17-25(18-12-20)34(31,32)29(22-7-3-1-4-8-22)19-26(30)28-21-13-15-24(16-14-21)33-23-9-5-2-6-10-23/h2,5-6,9-18,22H,1,3-4,7-8,19H2,(H,28,30). The van der Waals surface area contributed by atoms with Crippen molar-refractivity contribution in [2.45, 2.75) is 43.0 Å². The Bertz CT molecular complexity index is 1190. The first-order valence-corrected chi connectivity index (χ1v) is 13.1. The molecule has 0 bridgehead atoms. The molecule has 0 aliphatic heterocycles. The topological polar surface area (TPSA) is 75.7 Å².